The third kappa shape index (κ3) is 4.84. The molecule has 2 fully saturated rings. The number of benzene rings is 1. The highest BCUT2D eigenvalue weighted by molar-refractivity contribution is 7.09. The molecule has 0 unspecified atom stereocenters. The van der Waals surface area contributed by atoms with Crippen molar-refractivity contribution in [2.24, 2.45) is 5.92 Å². The largest absolute Gasteiger partial charge is 0.368 e. The van der Waals surface area contributed by atoms with Crippen molar-refractivity contribution in [3.05, 3.63) is 29.3 Å². The number of hydrogen-bond acceptors (Lipinski definition) is 7. The summed E-state index contributed by atoms with van der Waals surface area (Å²) in [7, 11) is 0. The first-order valence-corrected chi connectivity index (χ1v) is 11.3. The van der Waals surface area contributed by atoms with Crippen LogP contribution in [0.15, 0.2) is 24.3 Å². The van der Waals surface area contributed by atoms with Crippen LogP contribution in [0.2, 0.25) is 5.02 Å². The maximum Gasteiger partial charge on any atom is 0.243 e. The first kappa shape index (κ1) is 20.9. The Morgan fingerprint density at radius 1 is 1.10 bits per heavy atom. The van der Waals surface area contributed by atoms with Gasteiger partial charge in [-0.15, -0.1) is 0 Å². The zero-order chi connectivity index (χ0) is 21.1. The average Bonchev–Trinajstić information content (AvgIpc) is 3.21. The standard InChI is InChI=1S/C20H25ClN6O2S/c1-14(28)22-19-23-20(30-24-19)27-7-5-15(6-8-27)18(29)26-11-9-25(10-12-26)17-4-2-3-16(21)13-17/h2-4,13,15H,5-12H2,1H3,(H,22,24,28). The van der Waals surface area contributed by atoms with Crippen LogP contribution in [0.1, 0.15) is 19.8 Å². The Hall–Kier alpha value is -2.39. The number of amides is 2. The van der Waals surface area contributed by atoms with Gasteiger partial charge in [-0.25, -0.2) is 0 Å². The van der Waals surface area contributed by atoms with Gasteiger partial charge in [-0.3, -0.25) is 14.9 Å². The molecule has 1 aromatic heterocycles. The molecule has 3 heterocycles. The highest BCUT2D eigenvalue weighted by Crippen LogP contribution is 2.28. The highest BCUT2D eigenvalue weighted by atomic mass is 35.5. The first-order valence-electron chi connectivity index (χ1n) is 10.1. The normalized spacial score (nSPS) is 17.9. The molecule has 0 radical (unpaired) electrons. The van der Waals surface area contributed by atoms with Gasteiger partial charge in [-0.1, -0.05) is 17.7 Å². The number of piperidine rings is 1. The molecule has 30 heavy (non-hydrogen) atoms. The van der Waals surface area contributed by atoms with Gasteiger partial charge in [0, 0.05) is 74.4 Å². The van der Waals surface area contributed by atoms with E-state index in [1.807, 2.05) is 23.1 Å². The van der Waals surface area contributed by atoms with Crippen molar-refractivity contribution < 1.29 is 9.59 Å². The van der Waals surface area contributed by atoms with E-state index in [4.69, 9.17) is 11.6 Å². The summed E-state index contributed by atoms with van der Waals surface area (Å²) in [5, 5.41) is 4.13. The van der Waals surface area contributed by atoms with E-state index in [1.54, 1.807) is 0 Å². The lowest BCUT2D eigenvalue weighted by Crippen LogP contribution is -2.51. The summed E-state index contributed by atoms with van der Waals surface area (Å²) in [6.07, 6.45) is 1.62. The van der Waals surface area contributed by atoms with Gasteiger partial charge < -0.3 is 14.7 Å². The minimum Gasteiger partial charge on any atom is -0.368 e. The zero-order valence-electron chi connectivity index (χ0n) is 16.9. The second-order valence-corrected chi connectivity index (χ2v) is 8.80. The molecule has 160 valence electrons. The molecule has 2 aliphatic heterocycles. The number of halogens is 1. The molecule has 0 spiro atoms. The van der Waals surface area contributed by atoms with E-state index < -0.39 is 0 Å². The van der Waals surface area contributed by atoms with Gasteiger partial charge in [-0.05, 0) is 31.0 Å². The summed E-state index contributed by atoms with van der Waals surface area (Å²) in [5.41, 5.74) is 1.11. The molecule has 4 rings (SSSR count). The number of rotatable bonds is 4. The predicted octanol–water partition coefficient (Wildman–Crippen LogP) is 2.72. The van der Waals surface area contributed by atoms with Crippen molar-refractivity contribution in [1.29, 1.82) is 0 Å². The van der Waals surface area contributed by atoms with Gasteiger partial charge in [0.15, 0.2) is 0 Å². The number of piperazine rings is 1. The van der Waals surface area contributed by atoms with Crippen LogP contribution in [-0.4, -0.2) is 65.3 Å². The molecule has 10 heteroatoms. The Morgan fingerprint density at radius 2 is 1.83 bits per heavy atom. The molecular weight excluding hydrogens is 424 g/mol. The van der Waals surface area contributed by atoms with E-state index in [0.717, 1.165) is 68.0 Å². The van der Waals surface area contributed by atoms with Crippen LogP contribution in [0.4, 0.5) is 16.8 Å². The van der Waals surface area contributed by atoms with Crippen molar-refractivity contribution in [3.63, 3.8) is 0 Å². The van der Waals surface area contributed by atoms with Crippen LogP contribution < -0.4 is 15.1 Å². The minimum absolute atomic E-state index is 0.0571. The van der Waals surface area contributed by atoms with E-state index in [2.05, 4.69) is 30.5 Å². The zero-order valence-corrected chi connectivity index (χ0v) is 18.5. The van der Waals surface area contributed by atoms with Gasteiger partial charge >= 0.3 is 0 Å². The second kappa shape index (κ2) is 9.18. The van der Waals surface area contributed by atoms with Crippen molar-refractivity contribution >= 4 is 51.7 Å². The van der Waals surface area contributed by atoms with Gasteiger partial charge in [0.05, 0.1) is 0 Å². The van der Waals surface area contributed by atoms with Crippen molar-refractivity contribution in [3.8, 4) is 0 Å². The van der Waals surface area contributed by atoms with E-state index in [9.17, 15) is 9.59 Å². The van der Waals surface area contributed by atoms with Gasteiger partial charge in [0.25, 0.3) is 0 Å². The van der Waals surface area contributed by atoms with Crippen molar-refractivity contribution in [2.75, 3.05) is 54.4 Å². The van der Waals surface area contributed by atoms with Crippen molar-refractivity contribution in [2.45, 2.75) is 19.8 Å². The lowest BCUT2D eigenvalue weighted by atomic mass is 9.95. The fraction of sp³-hybridized carbons (Fsp3) is 0.500. The lowest BCUT2D eigenvalue weighted by molar-refractivity contribution is -0.136. The topological polar surface area (TPSA) is 81.7 Å². The molecule has 0 atom stereocenters. The van der Waals surface area contributed by atoms with Crippen molar-refractivity contribution in [1.82, 2.24) is 14.3 Å². The Balaban J connectivity index is 1.26. The molecule has 0 aliphatic carbocycles. The molecular formula is C20H25ClN6O2S. The van der Waals surface area contributed by atoms with E-state index in [1.165, 1.54) is 18.5 Å². The average molecular weight is 449 g/mol. The molecule has 2 aromatic rings. The number of nitrogens with one attached hydrogen (secondary N) is 1. The smallest absolute Gasteiger partial charge is 0.243 e. The summed E-state index contributed by atoms with van der Waals surface area (Å²) < 4.78 is 4.17. The summed E-state index contributed by atoms with van der Waals surface area (Å²) in [4.78, 5) is 34.9. The lowest BCUT2D eigenvalue weighted by Gasteiger charge is -2.39. The summed E-state index contributed by atoms with van der Waals surface area (Å²) >= 11 is 7.38. The highest BCUT2D eigenvalue weighted by Gasteiger charge is 2.31. The van der Waals surface area contributed by atoms with Crippen LogP contribution in [0, 0.1) is 5.92 Å². The van der Waals surface area contributed by atoms with E-state index >= 15 is 0 Å². The number of aromatic nitrogens is 2. The van der Waals surface area contributed by atoms with Gasteiger partial charge in [-0.2, -0.15) is 9.36 Å². The monoisotopic (exact) mass is 448 g/mol. The SMILES string of the molecule is CC(=O)Nc1nsc(N2CCC(C(=O)N3CCN(c4cccc(Cl)c4)CC3)CC2)n1. The molecule has 8 nitrogen and oxygen atoms in total. The van der Waals surface area contributed by atoms with Crippen LogP contribution in [0.3, 0.4) is 0 Å². The van der Waals surface area contributed by atoms with Crippen LogP contribution in [0.5, 0.6) is 0 Å². The number of nitrogens with zero attached hydrogens (tertiary/aromatic N) is 5. The van der Waals surface area contributed by atoms with Crippen LogP contribution in [-0.2, 0) is 9.59 Å². The van der Waals surface area contributed by atoms with E-state index in [-0.39, 0.29) is 17.7 Å². The third-order valence-electron chi connectivity index (χ3n) is 5.58. The van der Waals surface area contributed by atoms with Gasteiger partial charge in [0.2, 0.25) is 22.9 Å². The first-order chi connectivity index (χ1) is 14.5. The maximum absolute atomic E-state index is 13.0. The molecule has 0 bridgehead atoms. The van der Waals surface area contributed by atoms with Crippen LogP contribution >= 0.6 is 23.1 Å². The minimum atomic E-state index is -0.181. The second-order valence-electron chi connectivity index (χ2n) is 7.64. The fourth-order valence-corrected chi connectivity index (χ4v) is 4.85. The van der Waals surface area contributed by atoms with E-state index in [0.29, 0.717) is 5.95 Å². The predicted molar refractivity (Wildman–Crippen MR) is 119 cm³/mol. The number of carbonyl (C=O) groups excluding carboxylic acids is 2. The summed E-state index contributed by atoms with van der Waals surface area (Å²) in [6, 6.07) is 7.86. The summed E-state index contributed by atoms with van der Waals surface area (Å²) in [5.74, 6) is 0.482. The van der Waals surface area contributed by atoms with Crippen LogP contribution in [0.25, 0.3) is 0 Å². The number of carbonyl (C=O) groups is 2. The Labute approximate surface area is 185 Å². The fourth-order valence-electron chi connectivity index (χ4n) is 3.99. The molecule has 1 N–H and O–H groups in total. The number of hydrogen-bond donors (Lipinski definition) is 1. The Morgan fingerprint density at radius 3 is 2.50 bits per heavy atom. The molecule has 0 saturated carbocycles. The Kier molecular flexibility index (Phi) is 6.38. The number of anilines is 3. The maximum atomic E-state index is 13.0. The van der Waals surface area contributed by atoms with Gasteiger partial charge in [0.1, 0.15) is 0 Å². The molecule has 2 aliphatic rings. The third-order valence-corrected chi connectivity index (χ3v) is 6.59. The summed E-state index contributed by atoms with van der Waals surface area (Å²) in [6.45, 7) is 6.10. The molecule has 2 amide bonds. The quantitative estimate of drug-likeness (QED) is 0.774. The molecule has 1 aromatic carbocycles. The molecule has 2 saturated heterocycles. The Bertz CT molecular complexity index is 906.